The van der Waals surface area contributed by atoms with Crippen LogP contribution in [-0.2, 0) is 26.2 Å². The average Bonchev–Trinajstić information content (AvgIpc) is 2.38. The average molecular weight is 354 g/mol. The minimum absolute atomic E-state index is 0.197. The maximum absolute atomic E-state index is 11.9. The minimum atomic E-state index is -3.49. The molecule has 102 valence electrons. The molecule has 0 aromatic heterocycles. The van der Waals surface area contributed by atoms with Crippen LogP contribution in [-0.4, -0.2) is 30.7 Å². The van der Waals surface area contributed by atoms with Gasteiger partial charge in [-0.15, -0.1) is 0 Å². The number of halogens is 1. The summed E-state index contributed by atoms with van der Waals surface area (Å²) in [5.41, 5.74) is 1.01. The van der Waals surface area contributed by atoms with Gasteiger partial charge in [-0.2, -0.15) is 0 Å². The van der Waals surface area contributed by atoms with Gasteiger partial charge in [-0.3, -0.25) is 4.21 Å². The number of nitrogens with one attached hydrogen (secondary N) is 1. The maximum atomic E-state index is 11.9. The van der Waals surface area contributed by atoms with Crippen molar-refractivity contribution in [3.63, 3.8) is 0 Å². The third-order valence-corrected chi connectivity index (χ3v) is 5.76. The SMILES string of the molecule is CCS(=O)CCNS(=O)(=O)c1ccc(CBr)cc1. The minimum Gasteiger partial charge on any atom is -0.260 e. The van der Waals surface area contributed by atoms with Crippen LogP contribution in [0.15, 0.2) is 29.2 Å². The molecule has 0 aliphatic heterocycles. The molecular formula is C11H16BrNO3S2. The van der Waals surface area contributed by atoms with Gasteiger partial charge in [0.05, 0.1) is 4.90 Å². The highest BCUT2D eigenvalue weighted by Crippen LogP contribution is 2.12. The van der Waals surface area contributed by atoms with Gasteiger partial charge in [-0.25, -0.2) is 13.1 Å². The molecule has 1 atom stereocenters. The fourth-order valence-electron chi connectivity index (χ4n) is 1.28. The topological polar surface area (TPSA) is 63.2 Å². The van der Waals surface area contributed by atoms with Crippen LogP contribution in [0.25, 0.3) is 0 Å². The normalized spacial score (nSPS) is 13.4. The Morgan fingerprint density at radius 1 is 1.28 bits per heavy atom. The van der Waals surface area contributed by atoms with Gasteiger partial charge in [0, 0.05) is 34.2 Å². The Labute approximate surface area is 119 Å². The lowest BCUT2D eigenvalue weighted by atomic mass is 10.2. The second kappa shape index (κ2) is 7.37. The number of hydrogen-bond acceptors (Lipinski definition) is 3. The lowest BCUT2D eigenvalue weighted by Crippen LogP contribution is -2.28. The zero-order valence-electron chi connectivity index (χ0n) is 10.1. The van der Waals surface area contributed by atoms with Gasteiger partial charge < -0.3 is 0 Å². The van der Waals surface area contributed by atoms with Crippen molar-refractivity contribution in [2.45, 2.75) is 17.1 Å². The van der Waals surface area contributed by atoms with Crippen LogP contribution in [0.4, 0.5) is 0 Å². The molecule has 1 aromatic carbocycles. The molecule has 0 aliphatic carbocycles. The molecule has 0 saturated heterocycles. The summed E-state index contributed by atoms with van der Waals surface area (Å²) >= 11 is 3.30. The Balaban J connectivity index is 2.65. The van der Waals surface area contributed by atoms with Crippen LogP contribution in [0.3, 0.4) is 0 Å². The van der Waals surface area contributed by atoms with Crippen LogP contribution in [0.5, 0.6) is 0 Å². The fourth-order valence-corrected chi connectivity index (χ4v) is 3.43. The molecule has 1 aromatic rings. The first-order valence-electron chi connectivity index (χ1n) is 5.49. The third-order valence-electron chi connectivity index (χ3n) is 2.33. The number of sulfonamides is 1. The Hall–Kier alpha value is -0.240. The molecule has 0 amide bonds. The lowest BCUT2D eigenvalue weighted by Gasteiger charge is -2.06. The van der Waals surface area contributed by atoms with E-state index in [1.165, 1.54) is 0 Å². The molecule has 0 fully saturated rings. The summed E-state index contributed by atoms with van der Waals surface area (Å²) in [7, 11) is -4.45. The first kappa shape index (κ1) is 15.8. The van der Waals surface area contributed by atoms with E-state index in [2.05, 4.69) is 20.7 Å². The van der Waals surface area contributed by atoms with Gasteiger partial charge >= 0.3 is 0 Å². The monoisotopic (exact) mass is 353 g/mol. The Morgan fingerprint density at radius 3 is 2.39 bits per heavy atom. The second-order valence-corrected chi connectivity index (χ2v) is 7.80. The number of hydrogen-bond donors (Lipinski definition) is 1. The maximum Gasteiger partial charge on any atom is 0.240 e. The summed E-state index contributed by atoms with van der Waals surface area (Å²) in [6.07, 6.45) is 0. The highest BCUT2D eigenvalue weighted by Gasteiger charge is 2.13. The summed E-state index contributed by atoms with van der Waals surface area (Å²) in [4.78, 5) is 0.231. The number of alkyl halides is 1. The predicted molar refractivity (Wildman–Crippen MR) is 77.8 cm³/mol. The molecule has 1 rings (SSSR count). The Morgan fingerprint density at radius 2 is 1.89 bits per heavy atom. The quantitative estimate of drug-likeness (QED) is 0.757. The van der Waals surface area contributed by atoms with Gasteiger partial charge in [0.1, 0.15) is 0 Å². The van der Waals surface area contributed by atoms with Crippen molar-refractivity contribution >= 4 is 36.8 Å². The predicted octanol–water partition coefficient (Wildman–Crippen LogP) is 1.63. The van der Waals surface area contributed by atoms with Crippen molar-refractivity contribution in [3.8, 4) is 0 Å². The molecule has 18 heavy (non-hydrogen) atoms. The molecular weight excluding hydrogens is 338 g/mol. The highest BCUT2D eigenvalue weighted by molar-refractivity contribution is 9.08. The summed E-state index contributed by atoms with van der Waals surface area (Å²) < 4.78 is 37.4. The van der Waals surface area contributed by atoms with Crippen LogP contribution >= 0.6 is 15.9 Å². The van der Waals surface area contributed by atoms with E-state index < -0.39 is 20.8 Å². The van der Waals surface area contributed by atoms with E-state index in [0.717, 1.165) is 5.56 Å². The van der Waals surface area contributed by atoms with E-state index in [0.29, 0.717) is 16.8 Å². The molecule has 0 spiro atoms. The Bertz CT molecular complexity index is 500. The highest BCUT2D eigenvalue weighted by atomic mass is 79.9. The molecule has 0 bridgehead atoms. The van der Waals surface area contributed by atoms with Gasteiger partial charge in [0.2, 0.25) is 10.0 Å². The standard InChI is InChI=1S/C11H16BrNO3S2/c1-2-17(14)8-7-13-18(15,16)11-5-3-10(9-12)4-6-11/h3-6,13H,2,7-9H2,1H3. The van der Waals surface area contributed by atoms with Crippen molar-refractivity contribution in [3.05, 3.63) is 29.8 Å². The molecule has 0 heterocycles. The van der Waals surface area contributed by atoms with Crippen LogP contribution < -0.4 is 4.72 Å². The van der Waals surface area contributed by atoms with Crippen molar-refractivity contribution in [1.82, 2.24) is 4.72 Å². The zero-order chi connectivity index (χ0) is 13.6. The lowest BCUT2D eigenvalue weighted by molar-refractivity contribution is 0.584. The van der Waals surface area contributed by atoms with Gasteiger partial charge in [-0.05, 0) is 17.7 Å². The number of benzene rings is 1. The van der Waals surface area contributed by atoms with Crippen molar-refractivity contribution in [2.24, 2.45) is 0 Å². The summed E-state index contributed by atoms with van der Waals surface area (Å²) in [6.45, 7) is 2.01. The van der Waals surface area contributed by atoms with E-state index >= 15 is 0 Å². The second-order valence-electron chi connectivity index (χ2n) is 3.61. The molecule has 0 saturated carbocycles. The molecule has 7 heteroatoms. The van der Waals surface area contributed by atoms with Crippen molar-refractivity contribution in [2.75, 3.05) is 18.1 Å². The molecule has 0 radical (unpaired) electrons. The summed E-state index contributed by atoms with van der Waals surface area (Å²) in [6, 6.07) is 6.65. The van der Waals surface area contributed by atoms with Crippen LogP contribution in [0, 0.1) is 0 Å². The zero-order valence-corrected chi connectivity index (χ0v) is 13.3. The fraction of sp³-hybridized carbons (Fsp3) is 0.455. The largest absolute Gasteiger partial charge is 0.260 e. The van der Waals surface area contributed by atoms with E-state index in [-0.39, 0.29) is 11.4 Å². The molecule has 4 nitrogen and oxygen atoms in total. The molecule has 0 aliphatic rings. The third kappa shape index (κ3) is 4.79. The first-order valence-corrected chi connectivity index (χ1v) is 9.58. The van der Waals surface area contributed by atoms with E-state index in [9.17, 15) is 12.6 Å². The first-order chi connectivity index (χ1) is 8.49. The summed E-state index contributed by atoms with van der Waals surface area (Å²) in [5.74, 6) is 0.886. The van der Waals surface area contributed by atoms with E-state index in [4.69, 9.17) is 0 Å². The van der Waals surface area contributed by atoms with Crippen molar-refractivity contribution in [1.29, 1.82) is 0 Å². The van der Waals surface area contributed by atoms with E-state index in [1.807, 2.05) is 6.92 Å². The molecule has 1 N–H and O–H groups in total. The van der Waals surface area contributed by atoms with Crippen LogP contribution in [0.2, 0.25) is 0 Å². The summed E-state index contributed by atoms with van der Waals surface area (Å²) in [5, 5.41) is 0.691. The number of rotatable bonds is 7. The van der Waals surface area contributed by atoms with Crippen molar-refractivity contribution < 1.29 is 12.6 Å². The van der Waals surface area contributed by atoms with E-state index in [1.54, 1.807) is 24.3 Å². The van der Waals surface area contributed by atoms with Gasteiger partial charge in [-0.1, -0.05) is 35.0 Å². The molecule has 1 unspecified atom stereocenters. The Kier molecular flexibility index (Phi) is 6.48. The van der Waals surface area contributed by atoms with Gasteiger partial charge in [0.25, 0.3) is 0 Å². The van der Waals surface area contributed by atoms with Crippen LogP contribution in [0.1, 0.15) is 12.5 Å². The van der Waals surface area contributed by atoms with Gasteiger partial charge in [0.15, 0.2) is 0 Å². The smallest absolute Gasteiger partial charge is 0.240 e.